The number of halogens is 1. The zero-order valence-corrected chi connectivity index (χ0v) is 23.1. The van der Waals surface area contributed by atoms with Gasteiger partial charge in [0.2, 0.25) is 5.91 Å². The van der Waals surface area contributed by atoms with Crippen molar-refractivity contribution >= 4 is 29.3 Å². The van der Waals surface area contributed by atoms with Crippen LogP contribution in [0.4, 0.5) is 5.69 Å². The number of pyridine rings is 1. The van der Waals surface area contributed by atoms with Crippen molar-refractivity contribution in [1.29, 1.82) is 0 Å². The standard InChI is InChI=1S/C31H38ClN5O/c1-3-36(4-2)29-14-12-25(13-15-29)22-37-23-28(34-21-27(32)17-24-9-6-5-7-10-24)18-30(37)31(38)35-20-26-11-8-16-33-19-26/h5-17,19,28,30,34H,3-4,18,20-23H2,1-2H3,(H,35,38)/b27-17-/t28-,30-/m0/s1. The molecule has 6 nitrogen and oxygen atoms in total. The Labute approximate surface area is 231 Å². The molecule has 4 rings (SSSR count). The first-order valence-electron chi connectivity index (χ1n) is 13.4. The van der Waals surface area contributed by atoms with Gasteiger partial charge in [0.1, 0.15) is 0 Å². The molecule has 1 aromatic heterocycles. The topological polar surface area (TPSA) is 60.5 Å². The normalized spacial score (nSPS) is 17.9. The molecular formula is C31H38ClN5O. The van der Waals surface area contributed by atoms with E-state index in [0.717, 1.165) is 48.8 Å². The lowest BCUT2D eigenvalue weighted by molar-refractivity contribution is -0.125. The summed E-state index contributed by atoms with van der Waals surface area (Å²) in [5, 5.41) is 7.45. The Morgan fingerprint density at radius 2 is 1.82 bits per heavy atom. The molecule has 2 atom stereocenters. The molecule has 7 heteroatoms. The van der Waals surface area contributed by atoms with Crippen LogP contribution >= 0.6 is 11.6 Å². The number of likely N-dealkylation sites (tertiary alicyclic amines) is 1. The highest BCUT2D eigenvalue weighted by molar-refractivity contribution is 6.31. The monoisotopic (exact) mass is 531 g/mol. The molecule has 0 saturated carbocycles. The van der Waals surface area contributed by atoms with Crippen molar-refractivity contribution in [1.82, 2.24) is 20.5 Å². The lowest BCUT2D eigenvalue weighted by Crippen LogP contribution is -2.42. The number of nitrogens with zero attached hydrogens (tertiary/aromatic N) is 3. The van der Waals surface area contributed by atoms with Crippen LogP contribution in [0.2, 0.25) is 0 Å². The Hall–Kier alpha value is -3.19. The minimum Gasteiger partial charge on any atom is -0.372 e. The molecule has 1 aliphatic heterocycles. The Morgan fingerprint density at radius 3 is 2.50 bits per heavy atom. The van der Waals surface area contributed by atoms with Crippen LogP contribution in [0, 0.1) is 0 Å². The molecule has 0 unspecified atom stereocenters. The minimum atomic E-state index is -0.219. The highest BCUT2D eigenvalue weighted by Gasteiger charge is 2.36. The fourth-order valence-corrected chi connectivity index (χ4v) is 5.17. The number of carbonyl (C=O) groups excluding carboxylic acids is 1. The highest BCUT2D eigenvalue weighted by Crippen LogP contribution is 2.23. The molecule has 3 aromatic rings. The van der Waals surface area contributed by atoms with Crippen LogP contribution in [0.5, 0.6) is 0 Å². The Kier molecular flexibility index (Phi) is 10.3. The van der Waals surface area contributed by atoms with Crippen molar-refractivity contribution in [3.8, 4) is 0 Å². The average molecular weight is 532 g/mol. The highest BCUT2D eigenvalue weighted by atomic mass is 35.5. The largest absolute Gasteiger partial charge is 0.372 e. The predicted octanol–water partition coefficient (Wildman–Crippen LogP) is 5.06. The van der Waals surface area contributed by atoms with Crippen molar-refractivity contribution in [2.45, 2.75) is 45.4 Å². The molecule has 1 amide bonds. The summed E-state index contributed by atoms with van der Waals surface area (Å²) in [5.74, 6) is 0.0452. The molecule has 2 N–H and O–H groups in total. The maximum Gasteiger partial charge on any atom is 0.237 e. The zero-order valence-electron chi connectivity index (χ0n) is 22.3. The van der Waals surface area contributed by atoms with Crippen molar-refractivity contribution < 1.29 is 4.79 Å². The summed E-state index contributed by atoms with van der Waals surface area (Å²) in [5.41, 5.74) is 4.50. The number of hydrogen-bond acceptors (Lipinski definition) is 5. The summed E-state index contributed by atoms with van der Waals surface area (Å²) >= 11 is 6.54. The van der Waals surface area contributed by atoms with Gasteiger partial charge >= 0.3 is 0 Å². The van der Waals surface area contributed by atoms with Gasteiger partial charge in [-0.2, -0.15) is 0 Å². The van der Waals surface area contributed by atoms with E-state index in [1.807, 2.05) is 48.5 Å². The summed E-state index contributed by atoms with van der Waals surface area (Å²) in [7, 11) is 0. The number of benzene rings is 2. The molecule has 0 aliphatic carbocycles. The van der Waals surface area contributed by atoms with Crippen molar-refractivity contribution in [2.24, 2.45) is 0 Å². The van der Waals surface area contributed by atoms with E-state index in [2.05, 4.69) is 63.5 Å². The summed E-state index contributed by atoms with van der Waals surface area (Å²) in [6, 6.07) is 22.6. The third-order valence-electron chi connectivity index (χ3n) is 7.03. The van der Waals surface area contributed by atoms with Crippen LogP contribution in [0.1, 0.15) is 37.0 Å². The van der Waals surface area contributed by atoms with E-state index in [9.17, 15) is 4.79 Å². The van der Waals surface area contributed by atoms with E-state index in [-0.39, 0.29) is 18.0 Å². The van der Waals surface area contributed by atoms with Gasteiger partial charge in [0.05, 0.1) is 6.04 Å². The van der Waals surface area contributed by atoms with Crippen LogP contribution < -0.4 is 15.5 Å². The Balaban J connectivity index is 1.41. The summed E-state index contributed by atoms with van der Waals surface area (Å²) in [6.07, 6.45) is 6.24. The maximum atomic E-state index is 13.3. The molecule has 1 aliphatic rings. The zero-order chi connectivity index (χ0) is 26.7. The van der Waals surface area contributed by atoms with Gasteiger partial charge in [-0.1, -0.05) is 60.1 Å². The predicted molar refractivity (Wildman–Crippen MR) is 157 cm³/mol. The fourth-order valence-electron chi connectivity index (χ4n) is 4.97. The number of carbonyl (C=O) groups is 1. The lowest BCUT2D eigenvalue weighted by Gasteiger charge is -2.25. The van der Waals surface area contributed by atoms with Gasteiger partial charge < -0.3 is 15.5 Å². The van der Waals surface area contributed by atoms with E-state index in [4.69, 9.17) is 11.6 Å². The Bertz CT molecular complexity index is 1170. The van der Waals surface area contributed by atoms with Crippen molar-refractivity contribution in [3.63, 3.8) is 0 Å². The van der Waals surface area contributed by atoms with Gasteiger partial charge in [-0.25, -0.2) is 0 Å². The third kappa shape index (κ3) is 7.90. The number of hydrogen-bond donors (Lipinski definition) is 2. The van der Waals surface area contributed by atoms with E-state index >= 15 is 0 Å². The molecule has 38 heavy (non-hydrogen) atoms. The van der Waals surface area contributed by atoms with Crippen molar-refractivity contribution in [2.75, 3.05) is 31.1 Å². The minimum absolute atomic E-state index is 0.0452. The van der Waals surface area contributed by atoms with Gasteiger partial charge in [-0.05, 0) is 61.2 Å². The van der Waals surface area contributed by atoms with Crippen LogP contribution in [0.15, 0.2) is 84.2 Å². The molecule has 200 valence electrons. The number of nitrogens with one attached hydrogen (secondary N) is 2. The molecule has 0 spiro atoms. The van der Waals surface area contributed by atoms with E-state index < -0.39 is 0 Å². The summed E-state index contributed by atoms with van der Waals surface area (Å²) in [6.45, 7) is 8.84. The SMILES string of the molecule is CCN(CC)c1ccc(CN2C[C@@H](NC/C(Cl)=C/c3ccccc3)C[C@H]2C(=O)NCc2cccnc2)cc1. The number of amides is 1. The second kappa shape index (κ2) is 14.1. The van der Waals surface area contributed by atoms with Gasteiger partial charge in [-0.3, -0.25) is 14.7 Å². The molecule has 2 aromatic carbocycles. The van der Waals surface area contributed by atoms with Crippen LogP contribution in [0.25, 0.3) is 6.08 Å². The summed E-state index contributed by atoms with van der Waals surface area (Å²) < 4.78 is 0. The van der Waals surface area contributed by atoms with Crippen LogP contribution in [-0.4, -0.2) is 54.1 Å². The first kappa shape index (κ1) is 27.8. The number of aromatic nitrogens is 1. The average Bonchev–Trinajstić information content (AvgIpc) is 3.36. The Morgan fingerprint density at radius 1 is 1.05 bits per heavy atom. The molecule has 0 radical (unpaired) electrons. The van der Waals surface area contributed by atoms with Crippen molar-refractivity contribution in [3.05, 3.63) is 101 Å². The van der Waals surface area contributed by atoms with Crippen LogP contribution in [-0.2, 0) is 17.9 Å². The van der Waals surface area contributed by atoms with Crippen LogP contribution in [0.3, 0.4) is 0 Å². The lowest BCUT2D eigenvalue weighted by atomic mass is 10.1. The first-order valence-corrected chi connectivity index (χ1v) is 13.8. The number of anilines is 1. The molecular weight excluding hydrogens is 494 g/mol. The fraction of sp³-hybridized carbons (Fsp3) is 0.355. The van der Waals surface area contributed by atoms with Gasteiger partial charge in [0, 0.05) is 68.4 Å². The van der Waals surface area contributed by atoms with Gasteiger partial charge in [0.25, 0.3) is 0 Å². The smallest absolute Gasteiger partial charge is 0.237 e. The third-order valence-corrected chi connectivity index (χ3v) is 7.27. The van der Waals surface area contributed by atoms with Gasteiger partial charge in [0.15, 0.2) is 0 Å². The van der Waals surface area contributed by atoms with E-state index in [1.165, 1.54) is 11.3 Å². The molecule has 0 bridgehead atoms. The second-order valence-corrected chi connectivity index (χ2v) is 10.2. The number of rotatable bonds is 12. The quantitative estimate of drug-likeness (QED) is 0.342. The molecule has 1 fully saturated rings. The second-order valence-electron chi connectivity index (χ2n) is 9.68. The van der Waals surface area contributed by atoms with E-state index in [1.54, 1.807) is 12.4 Å². The molecule has 2 heterocycles. The van der Waals surface area contributed by atoms with E-state index in [0.29, 0.717) is 13.1 Å². The first-order chi connectivity index (χ1) is 18.6. The summed E-state index contributed by atoms with van der Waals surface area (Å²) in [4.78, 5) is 22.1. The molecule has 1 saturated heterocycles. The van der Waals surface area contributed by atoms with Gasteiger partial charge in [-0.15, -0.1) is 0 Å². The maximum absolute atomic E-state index is 13.3.